The summed E-state index contributed by atoms with van der Waals surface area (Å²) >= 11 is 1.24. The maximum absolute atomic E-state index is 12.7. The molecule has 0 saturated heterocycles. The van der Waals surface area contributed by atoms with Gasteiger partial charge in [0, 0.05) is 39.6 Å². The number of nitrogen functional groups attached to an aromatic ring is 1. The van der Waals surface area contributed by atoms with Crippen molar-refractivity contribution in [1.29, 1.82) is 0 Å². The van der Waals surface area contributed by atoms with E-state index in [4.69, 9.17) is 10.6 Å². The van der Waals surface area contributed by atoms with Crippen LogP contribution in [-0.2, 0) is 11.3 Å². The number of aryl methyl sites for hydroxylation is 1. The summed E-state index contributed by atoms with van der Waals surface area (Å²) in [5.74, 6) is 7.50. The molecule has 0 radical (unpaired) electrons. The predicted molar refractivity (Wildman–Crippen MR) is 146 cm³/mol. The van der Waals surface area contributed by atoms with Gasteiger partial charge in [0.25, 0.3) is 0 Å². The Morgan fingerprint density at radius 3 is 2.64 bits per heavy atom. The van der Waals surface area contributed by atoms with E-state index < -0.39 is 0 Å². The summed E-state index contributed by atoms with van der Waals surface area (Å²) in [6, 6.07) is 21.9. The van der Waals surface area contributed by atoms with E-state index in [9.17, 15) is 4.79 Å². The summed E-state index contributed by atoms with van der Waals surface area (Å²) in [6.07, 6.45) is 0.0617. The van der Waals surface area contributed by atoms with Crippen LogP contribution in [0.25, 0.3) is 33.2 Å². The lowest BCUT2D eigenvalue weighted by atomic mass is 10.1. The molecule has 8 nitrogen and oxygen atoms in total. The van der Waals surface area contributed by atoms with Crippen LogP contribution >= 0.6 is 11.8 Å². The standard InChI is InChI=1S/C27H28N6O2S/c1-4-32-23-11-6-5-10-21(23)22-15-19(12-13-24(22)32)29-25(34)16-36-27-31-30-26(33(27)28)18-8-7-9-20(14-18)35-17(2)3/h5-15,17H,4,16,28H2,1-3H3,(H,29,34). The minimum Gasteiger partial charge on any atom is -0.491 e. The molecule has 0 saturated carbocycles. The third-order valence-electron chi connectivity index (χ3n) is 5.83. The zero-order valence-electron chi connectivity index (χ0n) is 20.4. The quantitative estimate of drug-likeness (QED) is 0.221. The summed E-state index contributed by atoms with van der Waals surface area (Å²) in [5, 5.41) is 14.1. The number of nitrogens with two attached hydrogens (primary N) is 1. The first-order valence-corrected chi connectivity index (χ1v) is 12.8. The Kier molecular flexibility index (Phi) is 6.56. The molecule has 3 aromatic carbocycles. The molecule has 5 aromatic rings. The van der Waals surface area contributed by atoms with Crippen molar-refractivity contribution >= 4 is 45.2 Å². The van der Waals surface area contributed by atoms with E-state index in [-0.39, 0.29) is 17.8 Å². The van der Waals surface area contributed by atoms with Crippen molar-refractivity contribution in [3.63, 3.8) is 0 Å². The number of anilines is 1. The van der Waals surface area contributed by atoms with Crippen molar-refractivity contribution in [2.24, 2.45) is 0 Å². The minimum atomic E-state index is -0.143. The molecule has 5 rings (SSSR count). The van der Waals surface area contributed by atoms with Crippen LogP contribution in [0, 0.1) is 0 Å². The van der Waals surface area contributed by atoms with Crippen LogP contribution in [0.2, 0.25) is 0 Å². The molecule has 0 aliphatic rings. The molecule has 9 heteroatoms. The zero-order chi connectivity index (χ0) is 25.2. The third kappa shape index (κ3) is 4.61. The fourth-order valence-corrected chi connectivity index (χ4v) is 5.01. The van der Waals surface area contributed by atoms with Crippen molar-refractivity contribution in [2.45, 2.75) is 38.6 Å². The first kappa shape index (κ1) is 23.7. The summed E-state index contributed by atoms with van der Waals surface area (Å²) in [6.45, 7) is 6.96. The fraction of sp³-hybridized carbons (Fsp3) is 0.222. The molecular formula is C27H28N6O2S. The van der Waals surface area contributed by atoms with Gasteiger partial charge in [-0.15, -0.1) is 10.2 Å². The molecule has 36 heavy (non-hydrogen) atoms. The average Bonchev–Trinajstić information content (AvgIpc) is 3.39. The molecule has 0 spiro atoms. The molecule has 0 atom stereocenters. The van der Waals surface area contributed by atoms with Gasteiger partial charge in [-0.3, -0.25) is 4.79 Å². The summed E-state index contributed by atoms with van der Waals surface area (Å²) in [7, 11) is 0. The van der Waals surface area contributed by atoms with Gasteiger partial charge >= 0.3 is 0 Å². The first-order valence-electron chi connectivity index (χ1n) is 11.9. The maximum atomic E-state index is 12.7. The topological polar surface area (TPSA) is 100.0 Å². The van der Waals surface area contributed by atoms with Gasteiger partial charge < -0.3 is 20.5 Å². The fourth-order valence-electron chi connectivity index (χ4n) is 4.35. The lowest BCUT2D eigenvalue weighted by Crippen LogP contribution is -2.16. The highest BCUT2D eigenvalue weighted by molar-refractivity contribution is 7.99. The maximum Gasteiger partial charge on any atom is 0.234 e. The highest BCUT2D eigenvalue weighted by Crippen LogP contribution is 2.31. The number of aromatic nitrogens is 4. The van der Waals surface area contributed by atoms with E-state index in [0.29, 0.717) is 11.0 Å². The number of rotatable bonds is 8. The van der Waals surface area contributed by atoms with Crippen LogP contribution in [0.1, 0.15) is 20.8 Å². The summed E-state index contributed by atoms with van der Waals surface area (Å²) < 4.78 is 9.44. The molecule has 2 aromatic heterocycles. The number of para-hydroxylation sites is 1. The molecule has 0 aliphatic heterocycles. The van der Waals surface area contributed by atoms with Crippen molar-refractivity contribution in [3.8, 4) is 17.1 Å². The van der Waals surface area contributed by atoms with Gasteiger partial charge in [-0.05, 0) is 57.2 Å². The van der Waals surface area contributed by atoms with E-state index >= 15 is 0 Å². The minimum absolute atomic E-state index is 0.0617. The summed E-state index contributed by atoms with van der Waals surface area (Å²) in [4.78, 5) is 12.7. The van der Waals surface area contributed by atoms with Gasteiger partial charge in [0.05, 0.1) is 11.9 Å². The van der Waals surface area contributed by atoms with Gasteiger partial charge in [-0.1, -0.05) is 42.1 Å². The van der Waals surface area contributed by atoms with Crippen LogP contribution in [0.3, 0.4) is 0 Å². The largest absolute Gasteiger partial charge is 0.491 e. The van der Waals surface area contributed by atoms with Crippen LogP contribution < -0.4 is 15.9 Å². The van der Waals surface area contributed by atoms with Gasteiger partial charge in [0.2, 0.25) is 11.1 Å². The van der Waals surface area contributed by atoms with Gasteiger partial charge in [-0.25, -0.2) is 4.68 Å². The van der Waals surface area contributed by atoms with Gasteiger partial charge in [0.1, 0.15) is 5.75 Å². The van der Waals surface area contributed by atoms with Crippen molar-refractivity contribution in [2.75, 3.05) is 16.9 Å². The number of ether oxygens (including phenoxy) is 1. The Bertz CT molecular complexity index is 1560. The van der Waals surface area contributed by atoms with Crippen LogP contribution in [0.5, 0.6) is 5.75 Å². The molecule has 3 N–H and O–H groups in total. The van der Waals surface area contributed by atoms with Gasteiger partial charge in [-0.2, -0.15) is 0 Å². The second kappa shape index (κ2) is 9.94. The number of nitrogens with one attached hydrogen (secondary N) is 1. The van der Waals surface area contributed by atoms with E-state index in [1.165, 1.54) is 27.3 Å². The zero-order valence-corrected chi connectivity index (χ0v) is 21.2. The van der Waals surface area contributed by atoms with E-state index in [1.807, 2.05) is 62.4 Å². The van der Waals surface area contributed by atoms with Crippen molar-refractivity contribution in [1.82, 2.24) is 19.4 Å². The average molecular weight is 501 g/mol. The number of benzene rings is 3. The number of hydrogen-bond acceptors (Lipinski definition) is 6. The highest BCUT2D eigenvalue weighted by Gasteiger charge is 2.16. The van der Waals surface area contributed by atoms with Crippen LogP contribution in [0.15, 0.2) is 71.9 Å². The Morgan fingerprint density at radius 2 is 1.83 bits per heavy atom. The number of fused-ring (bicyclic) bond motifs is 3. The molecule has 0 aliphatic carbocycles. The number of amides is 1. The van der Waals surface area contributed by atoms with E-state index in [1.54, 1.807) is 0 Å². The number of nitrogens with zero attached hydrogens (tertiary/aromatic N) is 4. The Balaban J connectivity index is 1.29. The summed E-state index contributed by atoms with van der Waals surface area (Å²) in [5.41, 5.74) is 3.88. The van der Waals surface area contributed by atoms with Crippen molar-refractivity contribution < 1.29 is 9.53 Å². The number of hydrogen-bond donors (Lipinski definition) is 2. The Hall–Kier alpha value is -3.98. The molecule has 0 fully saturated rings. The number of carbonyl (C=O) groups excluding carboxylic acids is 1. The molecule has 1 amide bonds. The molecule has 184 valence electrons. The Morgan fingerprint density at radius 1 is 1.03 bits per heavy atom. The van der Waals surface area contributed by atoms with E-state index in [2.05, 4.69) is 45.2 Å². The SMILES string of the molecule is CCn1c2ccccc2c2cc(NC(=O)CSc3nnc(-c4cccc(OC(C)C)c4)n3N)ccc21. The predicted octanol–water partition coefficient (Wildman–Crippen LogP) is 5.30. The number of carbonyl (C=O) groups is 1. The molecular weight excluding hydrogens is 472 g/mol. The van der Waals surface area contributed by atoms with E-state index in [0.717, 1.165) is 34.4 Å². The van der Waals surface area contributed by atoms with Crippen molar-refractivity contribution in [3.05, 3.63) is 66.7 Å². The third-order valence-corrected chi connectivity index (χ3v) is 6.78. The van der Waals surface area contributed by atoms with Gasteiger partial charge in [0.15, 0.2) is 5.82 Å². The lowest BCUT2D eigenvalue weighted by Gasteiger charge is -2.10. The second-order valence-corrected chi connectivity index (χ2v) is 9.64. The lowest BCUT2D eigenvalue weighted by molar-refractivity contribution is -0.113. The molecule has 0 bridgehead atoms. The van der Waals surface area contributed by atoms with Crippen LogP contribution in [-0.4, -0.2) is 37.2 Å². The second-order valence-electron chi connectivity index (χ2n) is 8.70. The Labute approximate surface area is 213 Å². The first-order chi connectivity index (χ1) is 17.4. The normalized spacial score (nSPS) is 11.4. The number of thioether (sulfide) groups is 1. The molecule has 2 heterocycles. The smallest absolute Gasteiger partial charge is 0.234 e. The van der Waals surface area contributed by atoms with Crippen LogP contribution in [0.4, 0.5) is 5.69 Å². The molecule has 0 unspecified atom stereocenters. The monoisotopic (exact) mass is 500 g/mol. The highest BCUT2D eigenvalue weighted by atomic mass is 32.2.